The van der Waals surface area contributed by atoms with E-state index in [1.54, 1.807) is 0 Å². The zero-order valence-corrected chi connectivity index (χ0v) is 21.1. The van der Waals surface area contributed by atoms with E-state index >= 15 is 0 Å². The molecule has 0 radical (unpaired) electrons. The van der Waals surface area contributed by atoms with Crippen LogP contribution in [0.3, 0.4) is 0 Å². The monoisotopic (exact) mass is 493 g/mol. The number of nitrogens with one attached hydrogen (secondary N) is 1. The quantitative estimate of drug-likeness (QED) is 0.563. The van der Waals surface area contributed by atoms with Crippen molar-refractivity contribution in [2.75, 3.05) is 32.8 Å². The van der Waals surface area contributed by atoms with Gasteiger partial charge in [0, 0.05) is 12.1 Å². The second kappa shape index (κ2) is 10.4. The predicted molar refractivity (Wildman–Crippen MR) is 135 cm³/mol. The van der Waals surface area contributed by atoms with Crippen LogP contribution in [0.4, 0.5) is 4.79 Å². The SMILES string of the molecule is CCOc1ccccc1CN1CCC([C@@]2(CC)NC(=O)N(C[C@@H]3COc4ccccc4O3)C2=O)CC1. The van der Waals surface area contributed by atoms with Crippen LogP contribution in [0, 0.1) is 5.92 Å². The van der Waals surface area contributed by atoms with E-state index in [9.17, 15) is 9.59 Å². The number of carbonyl (C=O) groups excluding carboxylic acids is 2. The van der Waals surface area contributed by atoms with Gasteiger partial charge < -0.3 is 19.5 Å². The first kappa shape index (κ1) is 24.4. The van der Waals surface area contributed by atoms with Gasteiger partial charge in [-0.15, -0.1) is 0 Å². The summed E-state index contributed by atoms with van der Waals surface area (Å²) in [5.74, 6) is 2.20. The van der Waals surface area contributed by atoms with E-state index in [1.165, 1.54) is 10.5 Å². The molecule has 5 rings (SSSR count). The Kier molecular flexibility index (Phi) is 7.05. The Balaban J connectivity index is 1.22. The van der Waals surface area contributed by atoms with Gasteiger partial charge in [0.25, 0.3) is 5.91 Å². The summed E-state index contributed by atoms with van der Waals surface area (Å²) in [4.78, 5) is 30.4. The van der Waals surface area contributed by atoms with Crippen molar-refractivity contribution in [3.05, 3.63) is 54.1 Å². The van der Waals surface area contributed by atoms with Gasteiger partial charge in [-0.3, -0.25) is 14.6 Å². The second-order valence-electron chi connectivity index (χ2n) is 9.76. The lowest BCUT2D eigenvalue weighted by Crippen LogP contribution is -2.56. The molecule has 36 heavy (non-hydrogen) atoms. The van der Waals surface area contributed by atoms with Gasteiger partial charge in [0.15, 0.2) is 17.6 Å². The minimum atomic E-state index is -0.861. The van der Waals surface area contributed by atoms with E-state index in [-0.39, 0.29) is 24.4 Å². The van der Waals surface area contributed by atoms with Crippen LogP contribution < -0.4 is 19.5 Å². The number of benzene rings is 2. The normalized spacial score (nSPS) is 24.6. The molecule has 2 aromatic carbocycles. The number of hydrogen-bond acceptors (Lipinski definition) is 6. The van der Waals surface area contributed by atoms with Crippen LogP contribution in [-0.4, -0.2) is 66.2 Å². The maximum absolute atomic E-state index is 13.7. The number of imide groups is 1. The Morgan fingerprint density at radius 2 is 1.75 bits per heavy atom. The van der Waals surface area contributed by atoms with Gasteiger partial charge in [-0.2, -0.15) is 0 Å². The molecule has 0 spiro atoms. The minimum Gasteiger partial charge on any atom is -0.494 e. The van der Waals surface area contributed by atoms with E-state index < -0.39 is 11.6 Å². The maximum atomic E-state index is 13.7. The molecule has 3 amide bonds. The molecule has 8 nitrogen and oxygen atoms in total. The highest BCUT2D eigenvalue weighted by molar-refractivity contribution is 6.07. The van der Waals surface area contributed by atoms with Crippen molar-refractivity contribution >= 4 is 11.9 Å². The van der Waals surface area contributed by atoms with Crippen LogP contribution in [0.15, 0.2) is 48.5 Å². The third-order valence-electron chi connectivity index (χ3n) is 7.66. The Morgan fingerprint density at radius 1 is 1.03 bits per heavy atom. The van der Waals surface area contributed by atoms with Crippen LogP contribution in [0.2, 0.25) is 0 Å². The molecule has 0 aromatic heterocycles. The van der Waals surface area contributed by atoms with Gasteiger partial charge in [-0.05, 0) is 63.4 Å². The zero-order valence-electron chi connectivity index (χ0n) is 21.1. The van der Waals surface area contributed by atoms with Crippen LogP contribution in [0.25, 0.3) is 0 Å². The van der Waals surface area contributed by atoms with Gasteiger partial charge in [0.2, 0.25) is 0 Å². The number of likely N-dealkylation sites (tertiary alicyclic amines) is 1. The summed E-state index contributed by atoms with van der Waals surface area (Å²) in [5.41, 5.74) is 0.315. The number of ether oxygens (including phenoxy) is 3. The highest BCUT2D eigenvalue weighted by Gasteiger charge is 2.55. The van der Waals surface area contributed by atoms with Crippen molar-refractivity contribution < 1.29 is 23.8 Å². The number of rotatable bonds is 8. The molecule has 2 atom stereocenters. The highest BCUT2D eigenvalue weighted by Crippen LogP contribution is 2.37. The molecule has 192 valence electrons. The zero-order chi connectivity index (χ0) is 25.1. The number of urea groups is 1. The first-order chi connectivity index (χ1) is 17.5. The fraction of sp³-hybridized carbons (Fsp3) is 0.500. The third kappa shape index (κ3) is 4.62. The number of carbonyl (C=O) groups is 2. The molecule has 2 aromatic rings. The van der Waals surface area contributed by atoms with Crippen LogP contribution in [-0.2, 0) is 11.3 Å². The van der Waals surface area contributed by atoms with E-state index in [0.29, 0.717) is 31.1 Å². The van der Waals surface area contributed by atoms with Crippen molar-refractivity contribution in [3.8, 4) is 17.2 Å². The smallest absolute Gasteiger partial charge is 0.325 e. The highest BCUT2D eigenvalue weighted by atomic mass is 16.6. The fourth-order valence-corrected chi connectivity index (χ4v) is 5.73. The summed E-state index contributed by atoms with van der Waals surface area (Å²) in [5, 5.41) is 3.09. The summed E-state index contributed by atoms with van der Waals surface area (Å²) in [7, 11) is 0. The summed E-state index contributed by atoms with van der Waals surface area (Å²) >= 11 is 0. The van der Waals surface area contributed by atoms with Crippen LogP contribution in [0.1, 0.15) is 38.7 Å². The van der Waals surface area contributed by atoms with Gasteiger partial charge in [0.1, 0.15) is 17.9 Å². The van der Waals surface area contributed by atoms with E-state index in [2.05, 4.69) is 16.3 Å². The summed E-state index contributed by atoms with van der Waals surface area (Å²) < 4.78 is 17.6. The summed E-state index contributed by atoms with van der Waals surface area (Å²) in [6, 6.07) is 15.3. The molecule has 0 saturated carbocycles. The van der Waals surface area contributed by atoms with Crippen molar-refractivity contribution in [2.24, 2.45) is 5.92 Å². The Hall–Kier alpha value is -3.26. The lowest BCUT2D eigenvalue weighted by atomic mass is 9.75. The van der Waals surface area contributed by atoms with Crippen molar-refractivity contribution in [1.29, 1.82) is 0 Å². The number of nitrogens with zero attached hydrogens (tertiary/aromatic N) is 2. The topological polar surface area (TPSA) is 80.3 Å². The van der Waals surface area contributed by atoms with Gasteiger partial charge in [-0.1, -0.05) is 37.3 Å². The molecule has 0 unspecified atom stereocenters. The molecular weight excluding hydrogens is 458 g/mol. The molecule has 8 heteroatoms. The molecule has 0 bridgehead atoms. The molecule has 3 heterocycles. The van der Waals surface area contributed by atoms with Gasteiger partial charge in [-0.25, -0.2) is 4.79 Å². The largest absolute Gasteiger partial charge is 0.494 e. The van der Waals surface area contributed by atoms with Crippen LogP contribution >= 0.6 is 0 Å². The van der Waals surface area contributed by atoms with E-state index in [4.69, 9.17) is 14.2 Å². The summed E-state index contributed by atoms with van der Waals surface area (Å²) in [6.07, 6.45) is 1.87. The number of para-hydroxylation sites is 3. The molecule has 1 N–H and O–H groups in total. The second-order valence-corrected chi connectivity index (χ2v) is 9.76. The van der Waals surface area contributed by atoms with Gasteiger partial charge in [0.05, 0.1) is 13.2 Å². The standard InChI is InChI=1S/C28H35N3O5/c1-3-28(21-13-15-30(16-14-21)17-20-9-5-6-10-23(20)34-4-2)26(32)31(27(33)29-28)18-22-19-35-24-11-7-8-12-25(24)36-22/h5-12,21-22H,3-4,13-19H2,1-2H3,(H,29,33)/t22-,28-/m1/s1. The molecule has 3 aliphatic heterocycles. The predicted octanol–water partition coefficient (Wildman–Crippen LogP) is 3.84. The lowest BCUT2D eigenvalue weighted by Gasteiger charge is -2.40. The molecular formula is C28H35N3O5. The average Bonchev–Trinajstić information content (AvgIpc) is 3.15. The minimum absolute atomic E-state index is 0.0894. The maximum Gasteiger partial charge on any atom is 0.325 e. The molecule has 2 saturated heterocycles. The van der Waals surface area contributed by atoms with Crippen molar-refractivity contribution in [2.45, 2.75) is 51.3 Å². The first-order valence-corrected chi connectivity index (χ1v) is 13.0. The van der Waals surface area contributed by atoms with Crippen LogP contribution in [0.5, 0.6) is 17.2 Å². The summed E-state index contributed by atoms with van der Waals surface area (Å²) in [6.45, 7) is 7.65. The lowest BCUT2D eigenvalue weighted by molar-refractivity contribution is -0.135. The fourth-order valence-electron chi connectivity index (χ4n) is 5.73. The van der Waals surface area contributed by atoms with E-state index in [0.717, 1.165) is 38.2 Å². The number of hydrogen-bond donors (Lipinski definition) is 1. The third-order valence-corrected chi connectivity index (χ3v) is 7.66. The number of amides is 3. The Labute approximate surface area is 212 Å². The first-order valence-electron chi connectivity index (χ1n) is 13.0. The molecule has 0 aliphatic carbocycles. The van der Waals surface area contributed by atoms with Crippen molar-refractivity contribution in [3.63, 3.8) is 0 Å². The Morgan fingerprint density at radius 3 is 2.50 bits per heavy atom. The molecule has 2 fully saturated rings. The van der Waals surface area contributed by atoms with Gasteiger partial charge >= 0.3 is 6.03 Å². The number of fused-ring (bicyclic) bond motifs is 1. The van der Waals surface area contributed by atoms with Crippen molar-refractivity contribution in [1.82, 2.24) is 15.1 Å². The average molecular weight is 494 g/mol. The van der Waals surface area contributed by atoms with E-state index in [1.807, 2.05) is 56.3 Å². The number of piperidine rings is 1. The Bertz CT molecular complexity index is 1100. The molecule has 3 aliphatic rings.